The first-order chi connectivity index (χ1) is 12.9. The number of benzene rings is 2. The topological polar surface area (TPSA) is 49.4 Å². The Hall–Kier alpha value is -2.04. The minimum Gasteiger partial charge on any atom is -0.354 e. The number of hydrogen-bond donors (Lipinski definition) is 1. The van der Waals surface area contributed by atoms with Gasteiger partial charge < -0.3 is 10.2 Å². The normalized spacial score (nSPS) is 16.0. The highest BCUT2D eigenvalue weighted by Crippen LogP contribution is 2.34. The van der Waals surface area contributed by atoms with Crippen LogP contribution in [0.25, 0.3) is 0 Å². The molecule has 2 aromatic rings. The lowest BCUT2D eigenvalue weighted by Gasteiger charge is -2.26. The molecule has 2 amide bonds. The van der Waals surface area contributed by atoms with Crippen LogP contribution in [0.4, 0.5) is 0 Å². The lowest BCUT2D eigenvalue weighted by atomic mass is 10.0. The van der Waals surface area contributed by atoms with E-state index >= 15 is 0 Å². The van der Waals surface area contributed by atoms with Gasteiger partial charge in [0.1, 0.15) is 6.04 Å². The summed E-state index contributed by atoms with van der Waals surface area (Å²) in [4.78, 5) is 27.3. The van der Waals surface area contributed by atoms with Crippen LogP contribution in [0.2, 0.25) is 10.0 Å². The molecular weight excluding hydrogens is 383 g/mol. The van der Waals surface area contributed by atoms with Crippen molar-refractivity contribution < 1.29 is 9.59 Å². The van der Waals surface area contributed by atoms with Gasteiger partial charge >= 0.3 is 0 Å². The van der Waals surface area contributed by atoms with Gasteiger partial charge in [-0.1, -0.05) is 61.3 Å². The molecule has 0 spiro atoms. The third-order valence-electron chi connectivity index (χ3n) is 4.57. The summed E-state index contributed by atoms with van der Waals surface area (Å²) in [6, 6.07) is 12.2. The van der Waals surface area contributed by atoms with E-state index in [4.69, 9.17) is 23.2 Å². The first-order valence-corrected chi connectivity index (χ1v) is 9.75. The number of rotatable bonds is 6. The van der Waals surface area contributed by atoms with Gasteiger partial charge in [0.25, 0.3) is 5.91 Å². The van der Waals surface area contributed by atoms with Gasteiger partial charge in [0, 0.05) is 18.7 Å². The molecule has 1 aliphatic heterocycles. The molecule has 0 fully saturated rings. The summed E-state index contributed by atoms with van der Waals surface area (Å²) in [5.41, 5.74) is 2.38. The van der Waals surface area contributed by atoms with Gasteiger partial charge in [-0.15, -0.1) is 0 Å². The highest BCUT2D eigenvalue weighted by atomic mass is 35.5. The highest BCUT2D eigenvalue weighted by molar-refractivity contribution is 6.42. The second-order valence-corrected chi connectivity index (χ2v) is 7.95. The fourth-order valence-corrected chi connectivity index (χ4v) is 3.68. The summed E-state index contributed by atoms with van der Waals surface area (Å²) >= 11 is 12.0. The Morgan fingerprint density at radius 1 is 1.15 bits per heavy atom. The Labute approximate surface area is 169 Å². The Morgan fingerprint density at radius 2 is 1.89 bits per heavy atom. The van der Waals surface area contributed by atoms with Crippen molar-refractivity contribution in [2.75, 3.05) is 13.1 Å². The van der Waals surface area contributed by atoms with Crippen LogP contribution >= 0.6 is 23.2 Å². The summed E-state index contributed by atoms with van der Waals surface area (Å²) in [7, 11) is 0. The van der Waals surface area contributed by atoms with Gasteiger partial charge in [0.05, 0.1) is 10.0 Å². The number of nitrogens with zero attached hydrogens (tertiary/aromatic N) is 1. The van der Waals surface area contributed by atoms with E-state index in [9.17, 15) is 9.59 Å². The maximum Gasteiger partial charge on any atom is 0.255 e. The molecule has 1 unspecified atom stereocenters. The number of fused-ring (bicyclic) bond motifs is 1. The number of carbonyl (C=O) groups excluding carboxylic acids is 2. The van der Waals surface area contributed by atoms with Crippen molar-refractivity contribution in [1.82, 2.24) is 10.2 Å². The largest absolute Gasteiger partial charge is 0.354 e. The second-order valence-electron chi connectivity index (χ2n) is 7.13. The molecule has 1 atom stereocenters. The number of hydrogen-bond acceptors (Lipinski definition) is 2. The van der Waals surface area contributed by atoms with Crippen LogP contribution in [0.1, 0.15) is 41.4 Å². The second kappa shape index (κ2) is 8.32. The molecule has 1 aliphatic rings. The molecular formula is C21H22Cl2N2O2. The molecule has 1 N–H and O–H groups in total. The molecule has 0 aliphatic carbocycles. The lowest BCUT2D eigenvalue weighted by Crippen LogP contribution is -2.41. The van der Waals surface area contributed by atoms with Crippen molar-refractivity contribution in [3.05, 3.63) is 69.2 Å². The summed E-state index contributed by atoms with van der Waals surface area (Å²) < 4.78 is 0. The number of nitrogens with one attached hydrogen (secondary N) is 1. The van der Waals surface area contributed by atoms with Gasteiger partial charge in [-0.25, -0.2) is 0 Å². The van der Waals surface area contributed by atoms with Crippen molar-refractivity contribution in [2.45, 2.75) is 26.3 Å². The van der Waals surface area contributed by atoms with E-state index < -0.39 is 6.04 Å². The maximum atomic E-state index is 12.9. The van der Waals surface area contributed by atoms with Crippen LogP contribution in [0.15, 0.2) is 42.5 Å². The molecule has 0 aromatic heterocycles. The molecule has 27 heavy (non-hydrogen) atoms. The monoisotopic (exact) mass is 404 g/mol. The standard InChI is InChI=1S/C21H22Cl2N2O2/c1-13(2)12-25-19(15-5-3-4-6-16(15)21(25)27)20(26)24-10-9-14-7-8-17(22)18(23)11-14/h3-8,11,13,19H,9-10,12H2,1-2H3,(H,24,26). The van der Waals surface area contributed by atoms with E-state index in [1.54, 1.807) is 23.1 Å². The smallest absolute Gasteiger partial charge is 0.255 e. The molecule has 1 heterocycles. The fourth-order valence-electron chi connectivity index (χ4n) is 3.36. The molecule has 0 bridgehead atoms. The van der Waals surface area contributed by atoms with Gasteiger partial charge in [0.15, 0.2) is 0 Å². The minimum atomic E-state index is -0.579. The van der Waals surface area contributed by atoms with Crippen molar-refractivity contribution >= 4 is 35.0 Å². The van der Waals surface area contributed by atoms with E-state index in [0.717, 1.165) is 11.1 Å². The van der Waals surface area contributed by atoms with E-state index in [1.807, 2.05) is 38.1 Å². The van der Waals surface area contributed by atoms with Gasteiger partial charge in [0.2, 0.25) is 5.91 Å². The van der Waals surface area contributed by atoms with Gasteiger partial charge in [-0.2, -0.15) is 0 Å². The van der Waals surface area contributed by atoms with E-state index in [0.29, 0.717) is 35.1 Å². The van der Waals surface area contributed by atoms with Crippen molar-refractivity contribution in [2.24, 2.45) is 5.92 Å². The molecule has 4 nitrogen and oxygen atoms in total. The Morgan fingerprint density at radius 3 is 2.59 bits per heavy atom. The van der Waals surface area contributed by atoms with Crippen LogP contribution in [0.5, 0.6) is 0 Å². The van der Waals surface area contributed by atoms with Crippen molar-refractivity contribution in [3.8, 4) is 0 Å². The Bertz CT molecular complexity index is 867. The Balaban J connectivity index is 1.71. The van der Waals surface area contributed by atoms with Crippen LogP contribution in [-0.4, -0.2) is 29.8 Å². The quantitative estimate of drug-likeness (QED) is 0.769. The SMILES string of the molecule is CC(C)CN1C(=O)c2ccccc2C1C(=O)NCCc1ccc(Cl)c(Cl)c1. The molecule has 6 heteroatoms. The Kier molecular flexibility index (Phi) is 6.08. The van der Waals surface area contributed by atoms with Gasteiger partial charge in [-0.3, -0.25) is 9.59 Å². The third kappa shape index (κ3) is 4.28. The van der Waals surface area contributed by atoms with E-state index in [-0.39, 0.29) is 17.7 Å². The zero-order chi connectivity index (χ0) is 19.6. The fraction of sp³-hybridized carbons (Fsp3) is 0.333. The first kappa shape index (κ1) is 19.7. The molecule has 0 saturated heterocycles. The summed E-state index contributed by atoms with van der Waals surface area (Å²) in [6.45, 7) is 5.07. The maximum absolute atomic E-state index is 12.9. The summed E-state index contributed by atoms with van der Waals surface area (Å²) in [5.74, 6) is 0.0349. The summed E-state index contributed by atoms with van der Waals surface area (Å²) in [5, 5.41) is 3.97. The van der Waals surface area contributed by atoms with Crippen molar-refractivity contribution in [3.63, 3.8) is 0 Å². The summed E-state index contributed by atoms with van der Waals surface area (Å²) in [6.07, 6.45) is 0.634. The van der Waals surface area contributed by atoms with Gasteiger partial charge in [-0.05, 0) is 41.7 Å². The zero-order valence-electron chi connectivity index (χ0n) is 15.3. The van der Waals surface area contributed by atoms with E-state index in [2.05, 4.69) is 5.32 Å². The molecule has 0 radical (unpaired) electrons. The number of halogens is 2. The molecule has 142 valence electrons. The molecule has 2 aromatic carbocycles. The number of amides is 2. The van der Waals surface area contributed by atoms with Crippen LogP contribution in [0, 0.1) is 5.92 Å². The average molecular weight is 405 g/mol. The van der Waals surface area contributed by atoms with E-state index in [1.165, 1.54) is 0 Å². The predicted molar refractivity (Wildman–Crippen MR) is 108 cm³/mol. The predicted octanol–water partition coefficient (Wildman–Crippen LogP) is 4.51. The lowest BCUT2D eigenvalue weighted by molar-refractivity contribution is -0.125. The average Bonchev–Trinajstić information content (AvgIpc) is 2.90. The molecule has 3 rings (SSSR count). The van der Waals surface area contributed by atoms with Crippen LogP contribution in [0.3, 0.4) is 0 Å². The molecule has 0 saturated carbocycles. The first-order valence-electron chi connectivity index (χ1n) is 9.00. The van der Waals surface area contributed by atoms with Crippen LogP contribution in [-0.2, 0) is 11.2 Å². The minimum absolute atomic E-state index is 0.0797. The third-order valence-corrected chi connectivity index (χ3v) is 5.30. The van der Waals surface area contributed by atoms with Crippen molar-refractivity contribution in [1.29, 1.82) is 0 Å². The highest BCUT2D eigenvalue weighted by Gasteiger charge is 2.40. The zero-order valence-corrected chi connectivity index (χ0v) is 16.8. The van der Waals surface area contributed by atoms with Crippen LogP contribution < -0.4 is 5.32 Å². The number of carbonyl (C=O) groups is 2.